The van der Waals surface area contributed by atoms with E-state index in [9.17, 15) is 13.2 Å². The summed E-state index contributed by atoms with van der Waals surface area (Å²) in [6, 6.07) is 11.2. The molecule has 27 heavy (non-hydrogen) atoms. The Kier molecular flexibility index (Phi) is 6.97. The van der Waals surface area contributed by atoms with E-state index in [1.165, 1.54) is 18.2 Å². The number of carbonyl (C=O) groups is 1. The van der Waals surface area contributed by atoms with E-state index in [0.717, 1.165) is 10.6 Å². The van der Waals surface area contributed by atoms with Gasteiger partial charge in [0, 0.05) is 16.8 Å². The van der Waals surface area contributed by atoms with E-state index in [-0.39, 0.29) is 16.8 Å². The van der Waals surface area contributed by atoms with Crippen molar-refractivity contribution in [2.24, 2.45) is 0 Å². The van der Waals surface area contributed by atoms with E-state index >= 15 is 0 Å². The number of carbonyl (C=O) groups excluding carboxylic acids is 1. The third-order valence-corrected chi connectivity index (χ3v) is 5.02. The van der Waals surface area contributed by atoms with E-state index in [1.54, 1.807) is 24.3 Å². The van der Waals surface area contributed by atoms with E-state index in [1.807, 2.05) is 13.8 Å². The van der Waals surface area contributed by atoms with Crippen molar-refractivity contribution in [1.29, 1.82) is 0 Å². The third-order valence-electron chi connectivity index (χ3n) is 3.36. The minimum absolute atomic E-state index is 0.0104. The maximum absolute atomic E-state index is 12.4. The Hall–Kier alpha value is -1.96. The van der Waals surface area contributed by atoms with E-state index in [2.05, 4.69) is 5.32 Å². The fourth-order valence-corrected chi connectivity index (χ4v) is 3.74. The first-order chi connectivity index (χ1) is 12.6. The molecule has 9 heteroatoms. The Labute approximate surface area is 169 Å². The fraction of sp³-hybridized carbons (Fsp3) is 0.278. The SMILES string of the molecule is CC(C)Oc1cccc(NC(=O)CN(c2ccc(Cl)cc2Cl)S(C)(=O)=O)c1. The second-order valence-electron chi connectivity index (χ2n) is 6.11. The van der Waals surface area contributed by atoms with E-state index in [0.29, 0.717) is 16.5 Å². The smallest absolute Gasteiger partial charge is 0.245 e. The molecule has 0 aromatic heterocycles. The Morgan fingerprint density at radius 3 is 2.48 bits per heavy atom. The summed E-state index contributed by atoms with van der Waals surface area (Å²) in [7, 11) is -3.74. The molecular weight excluding hydrogens is 411 g/mol. The second-order valence-corrected chi connectivity index (χ2v) is 8.86. The van der Waals surface area contributed by atoms with Gasteiger partial charge in [0.15, 0.2) is 0 Å². The summed E-state index contributed by atoms with van der Waals surface area (Å²) >= 11 is 12.0. The van der Waals surface area contributed by atoms with Gasteiger partial charge in [-0.25, -0.2) is 8.42 Å². The number of benzene rings is 2. The van der Waals surface area contributed by atoms with Gasteiger partial charge in [-0.05, 0) is 44.2 Å². The van der Waals surface area contributed by atoms with Crippen LogP contribution in [-0.2, 0) is 14.8 Å². The van der Waals surface area contributed by atoms with Crippen molar-refractivity contribution in [3.63, 3.8) is 0 Å². The van der Waals surface area contributed by atoms with Gasteiger partial charge < -0.3 is 10.1 Å². The van der Waals surface area contributed by atoms with Crippen molar-refractivity contribution in [3.05, 3.63) is 52.5 Å². The van der Waals surface area contributed by atoms with Gasteiger partial charge >= 0.3 is 0 Å². The molecule has 2 aromatic rings. The van der Waals surface area contributed by atoms with Crippen molar-refractivity contribution in [2.45, 2.75) is 20.0 Å². The molecule has 0 bridgehead atoms. The molecule has 1 N–H and O–H groups in total. The van der Waals surface area contributed by atoms with Crippen molar-refractivity contribution < 1.29 is 17.9 Å². The summed E-state index contributed by atoms with van der Waals surface area (Å²) < 4.78 is 30.8. The molecule has 0 aliphatic carbocycles. The number of nitrogens with one attached hydrogen (secondary N) is 1. The van der Waals surface area contributed by atoms with Gasteiger partial charge in [-0.1, -0.05) is 29.3 Å². The molecule has 1 amide bonds. The lowest BCUT2D eigenvalue weighted by Gasteiger charge is -2.23. The highest BCUT2D eigenvalue weighted by Gasteiger charge is 2.23. The number of anilines is 2. The highest BCUT2D eigenvalue weighted by Crippen LogP contribution is 2.30. The van der Waals surface area contributed by atoms with Gasteiger partial charge in [-0.15, -0.1) is 0 Å². The number of amides is 1. The molecule has 0 radical (unpaired) electrons. The number of nitrogens with zero attached hydrogens (tertiary/aromatic N) is 1. The molecule has 0 spiro atoms. The zero-order valence-corrected chi connectivity index (χ0v) is 17.4. The Morgan fingerprint density at radius 2 is 1.89 bits per heavy atom. The third kappa shape index (κ3) is 6.30. The van der Waals surface area contributed by atoms with Crippen LogP contribution in [0.4, 0.5) is 11.4 Å². The van der Waals surface area contributed by atoms with Crippen LogP contribution in [0, 0.1) is 0 Å². The Bertz CT molecular complexity index is 933. The molecule has 0 saturated heterocycles. The van der Waals surface area contributed by atoms with Gasteiger partial charge in [-0.2, -0.15) is 0 Å². The van der Waals surface area contributed by atoms with Gasteiger partial charge in [0.05, 0.1) is 23.1 Å². The lowest BCUT2D eigenvalue weighted by molar-refractivity contribution is -0.114. The van der Waals surface area contributed by atoms with Crippen LogP contribution in [0.15, 0.2) is 42.5 Å². The quantitative estimate of drug-likeness (QED) is 0.714. The van der Waals surface area contributed by atoms with Crippen LogP contribution in [0.1, 0.15) is 13.8 Å². The summed E-state index contributed by atoms with van der Waals surface area (Å²) in [5.74, 6) is 0.0802. The monoisotopic (exact) mass is 430 g/mol. The summed E-state index contributed by atoms with van der Waals surface area (Å²) in [6.45, 7) is 3.35. The predicted molar refractivity (Wildman–Crippen MR) is 109 cm³/mol. The molecule has 0 aliphatic rings. The molecular formula is C18H20Cl2N2O4S. The van der Waals surface area contributed by atoms with Crippen LogP contribution < -0.4 is 14.4 Å². The first-order valence-electron chi connectivity index (χ1n) is 8.05. The summed E-state index contributed by atoms with van der Waals surface area (Å²) in [5, 5.41) is 3.16. The first kappa shape index (κ1) is 21.3. The van der Waals surface area contributed by atoms with Crippen molar-refractivity contribution in [3.8, 4) is 5.75 Å². The maximum Gasteiger partial charge on any atom is 0.245 e. The number of halogens is 2. The average Bonchev–Trinajstić information content (AvgIpc) is 2.52. The maximum atomic E-state index is 12.4. The minimum atomic E-state index is -3.74. The molecule has 6 nitrogen and oxygen atoms in total. The number of hydrogen-bond acceptors (Lipinski definition) is 4. The van der Waals surface area contributed by atoms with Gasteiger partial charge in [0.25, 0.3) is 0 Å². The largest absolute Gasteiger partial charge is 0.491 e. The molecule has 2 aromatic carbocycles. The molecule has 0 aliphatic heterocycles. The van der Waals surface area contributed by atoms with Crippen LogP contribution in [0.2, 0.25) is 10.0 Å². The predicted octanol–water partition coefficient (Wildman–Crippen LogP) is 4.19. The number of hydrogen-bond donors (Lipinski definition) is 1. The fourth-order valence-electron chi connectivity index (χ4n) is 2.31. The molecule has 0 heterocycles. The van der Waals surface area contributed by atoms with Gasteiger partial charge in [0.1, 0.15) is 12.3 Å². The average molecular weight is 431 g/mol. The Balaban J connectivity index is 2.20. The topological polar surface area (TPSA) is 75.7 Å². The van der Waals surface area contributed by atoms with Crippen molar-refractivity contribution in [2.75, 3.05) is 22.4 Å². The van der Waals surface area contributed by atoms with Gasteiger partial charge in [-0.3, -0.25) is 9.10 Å². The number of rotatable bonds is 7. The first-order valence-corrected chi connectivity index (χ1v) is 10.7. The van der Waals surface area contributed by atoms with Crippen LogP contribution in [-0.4, -0.2) is 33.2 Å². The van der Waals surface area contributed by atoms with Gasteiger partial charge in [0.2, 0.25) is 15.9 Å². The van der Waals surface area contributed by atoms with Crippen LogP contribution in [0.5, 0.6) is 5.75 Å². The summed E-state index contributed by atoms with van der Waals surface area (Å²) in [5.41, 5.74) is 0.671. The van der Waals surface area contributed by atoms with Crippen molar-refractivity contribution >= 4 is 50.5 Å². The highest BCUT2D eigenvalue weighted by molar-refractivity contribution is 7.92. The zero-order valence-electron chi connectivity index (χ0n) is 15.1. The standard InChI is InChI=1S/C18H20Cl2N2O4S/c1-12(2)26-15-6-4-5-14(10-15)21-18(23)11-22(27(3,24)25)17-8-7-13(19)9-16(17)20/h4-10,12H,11H2,1-3H3,(H,21,23). The van der Waals surface area contributed by atoms with Crippen LogP contribution >= 0.6 is 23.2 Å². The van der Waals surface area contributed by atoms with E-state index < -0.39 is 22.5 Å². The van der Waals surface area contributed by atoms with E-state index in [4.69, 9.17) is 27.9 Å². The second kappa shape index (κ2) is 8.82. The minimum Gasteiger partial charge on any atom is -0.491 e. The molecule has 0 atom stereocenters. The highest BCUT2D eigenvalue weighted by atomic mass is 35.5. The molecule has 0 unspecified atom stereocenters. The summed E-state index contributed by atoms with van der Waals surface area (Å²) in [4.78, 5) is 12.4. The molecule has 0 saturated carbocycles. The normalized spacial score (nSPS) is 11.3. The van der Waals surface area contributed by atoms with Crippen LogP contribution in [0.25, 0.3) is 0 Å². The lowest BCUT2D eigenvalue weighted by Crippen LogP contribution is -2.37. The van der Waals surface area contributed by atoms with Crippen LogP contribution in [0.3, 0.4) is 0 Å². The molecule has 2 rings (SSSR count). The van der Waals surface area contributed by atoms with Crippen molar-refractivity contribution in [1.82, 2.24) is 0 Å². The summed E-state index contributed by atoms with van der Waals surface area (Å²) in [6.07, 6.45) is 0.992. The lowest BCUT2D eigenvalue weighted by atomic mass is 10.3. The molecule has 146 valence electrons. The zero-order chi connectivity index (χ0) is 20.2. The number of ether oxygens (including phenoxy) is 1. The Morgan fingerprint density at radius 1 is 1.19 bits per heavy atom. The number of sulfonamides is 1. The molecule has 0 fully saturated rings.